The molecule has 1 fully saturated rings. The predicted octanol–water partition coefficient (Wildman–Crippen LogP) is 4.20. The summed E-state index contributed by atoms with van der Waals surface area (Å²) in [5, 5.41) is 3.62. The van der Waals surface area contributed by atoms with Crippen molar-refractivity contribution in [2.24, 2.45) is 5.92 Å². The fraction of sp³-hybridized carbons (Fsp3) is 0.600. The summed E-state index contributed by atoms with van der Waals surface area (Å²) in [5.41, 5.74) is 2.97. The summed E-state index contributed by atoms with van der Waals surface area (Å²) in [6.45, 7) is 7.97. The number of benzene rings is 1. The van der Waals surface area contributed by atoms with Gasteiger partial charge in [0.05, 0.1) is 0 Å². The molecule has 0 aromatic heterocycles. The lowest BCUT2D eigenvalue weighted by Crippen LogP contribution is -2.23. The molecule has 16 heavy (non-hydrogen) atoms. The first-order valence-corrected chi connectivity index (χ1v) is 6.41. The number of anilines is 1. The third kappa shape index (κ3) is 2.58. The van der Waals surface area contributed by atoms with Crippen LogP contribution in [0.3, 0.4) is 0 Å². The molecule has 1 nitrogen and oxygen atoms in total. The SMILES string of the molecule is CC(C)(C)c1ccccc1NCC1CCC1. The van der Waals surface area contributed by atoms with Crippen molar-refractivity contribution in [2.45, 2.75) is 45.4 Å². The van der Waals surface area contributed by atoms with Crippen molar-refractivity contribution in [3.63, 3.8) is 0 Å². The molecule has 1 aromatic carbocycles. The van der Waals surface area contributed by atoms with Crippen molar-refractivity contribution in [1.82, 2.24) is 0 Å². The van der Waals surface area contributed by atoms with Gasteiger partial charge in [-0.05, 0) is 35.8 Å². The summed E-state index contributed by atoms with van der Waals surface area (Å²) >= 11 is 0. The van der Waals surface area contributed by atoms with Gasteiger partial charge < -0.3 is 5.32 Å². The largest absolute Gasteiger partial charge is 0.385 e. The van der Waals surface area contributed by atoms with Gasteiger partial charge in [-0.2, -0.15) is 0 Å². The van der Waals surface area contributed by atoms with Crippen LogP contribution in [0.2, 0.25) is 0 Å². The van der Waals surface area contributed by atoms with E-state index in [0.717, 1.165) is 12.5 Å². The van der Waals surface area contributed by atoms with Gasteiger partial charge in [0.1, 0.15) is 0 Å². The molecule has 2 rings (SSSR count). The van der Waals surface area contributed by atoms with Crippen LogP contribution in [0.1, 0.15) is 45.6 Å². The molecule has 0 unspecified atom stereocenters. The minimum absolute atomic E-state index is 0.225. The molecule has 88 valence electrons. The van der Waals surface area contributed by atoms with E-state index in [0.29, 0.717) is 0 Å². The molecule has 0 amide bonds. The third-order valence-corrected chi connectivity index (χ3v) is 3.54. The van der Waals surface area contributed by atoms with E-state index in [1.54, 1.807) is 0 Å². The number of para-hydroxylation sites is 1. The van der Waals surface area contributed by atoms with Gasteiger partial charge >= 0.3 is 0 Å². The van der Waals surface area contributed by atoms with Gasteiger partial charge in [0.25, 0.3) is 0 Å². The molecular formula is C15H23N. The lowest BCUT2D eigenvalue weighted by molar-refractivity contribution is 0.333. The lowest BCUT2D eigenvalue weighted by atomic mass is 9.84. The Morgan fingerprint density at radius 2 is 1.88 bits per heavy atom. The van der Waals surface area contributed by atoms with Crippen molar-refractivity contribution in [3.8, 4) is 0 Å². The first kappa shape index (κ1) is 11.5. The molecule has 0 spiro atoms. The van der Waals surface area contributed by atoms with E-state index in [4.69, 9.17) is 0 Å². The standard InChI is InChI=1S/C15H23N/c1-15(2,3)13-9-4-5-10-14(13)16-11-12-7-6-8-12/h4-5,9-10,12,16H,6-8,11H2,1-3H3. The molecule has 0 atom stereocenters. The summed E-state index contributed by atoms with van der Waals surface area (Å²) in [4.78, 5) is 0. The molecule has 1 saturated carbocycles. The molecular weight excluding hydrogens is 194 g/mol. The number of nitrogens with one attached hydrogen (secondary N) is 1. The Morgan fingerprint density at radius 1 is 1.19 bits per heavy atom. The van der Waals surface area contributed by atoms with E-state index in [1.807, 2.05) is 0 Å². The van der Waals surface area contributed by atoms with Crippen molar-refractivity contribution >= 4 is 5.69 Å². The van der Waals surface area contributed by atoms with Crippen LogP contribution < -0.4 is 5.32 Å². The second kappa shape index (κ2) is 4.48. The minimum Gasteiger partial charge on any atom is -0.385 e. The smallest absolute Gasteiger partial charge is 0.0378 e. The van der Waals surface area contributed by atoms with Crippen molar-refractivity contribution in [1.29, 1.82) is 0 Å². The highest BCUT2D eigenvalue weighted by Gasteiger charge is 2.20. The number of hydrogen-bond donors (Lipinski definition) is 1. The molecule has 1 N–H and O–H groups in total. The first-order valence-electron chi connectivity index (χ1n) is 6.41. The van der Waals surface area contributed by atoms with E-state index < -0.39 is 0 Å². The quantitative estimate of drug-likeness (QED) is 0.800. The van der Waals surface area contributed by atoms with Gasteiger partial charge in [-0.25, -0.2) is 0 Å². The van der Waals surface area contributed by atoms with Crippen molar-refractivity contribution in [3.05, 3.63) is 29.8 Å². The number of hydrogen-bond acceptors (Lipinski definition) is 1. The molecule has 1 heteroatoms. The first-order chi connectivity index (χ1) is 7.57. The van der Waals surface area contributed by atoms with Crippen LogP contribution in [0.15, 0.2) is 24.3 Å². The summed E-state index contributed by atoms with van der Waals surface area (Å²) < 4.78 is 0. The zero-order valence-electron chi connectivity index (χ0n) is 10.7. The summed E-state index contributed by atoms with van der Waals surface area (Å²) in [6, 6.07) is 8.70. The van der Waals surface area contributed by atoms with E-state index in [2.05, 4.69) is 50.4 Å². The van der Waals surface area contributed by atoms with Crippen LogP contribution in [0, 0.1) is 5.92 Å². The Hall–Kier alpha value is -0.980. The van der Waals surface area contributed by atoms with Gasteiger partial charge in [0.15, 0.2) is 0 Å². The van der Waals surface area contributed by atoms with E-state index in [9.17, 15) is 0 Å². The van der Waals surface area contributed by atoms with Crippen LogP contribution in [0.25, 0.3) is 0 Å². The van der Waals surface area contributed by atoms with Gasteiger partial charge in [-0.3, -0.25) is 0 Å². The van der Waals surface area contributed by atoms with Crippen LogP contribution in [0.5, 0.6) is 0 Å². The average Bonchev–Trinajstić information content (AvgIpc) is 2.14. The average molecular weight is 217 g/mol. The van der Waals surface area contributed by atoms with E-state index in [1.165, 1.54) is 30.5 Å². The maximum atomic E-state index is 3.62. The molecule has 0 bridgehead atoms. The van der Waals surface area contributed by atoms with Crippen LogP contribution in [-0.2, 0) is 5.41 Å². The Labute approximate surface area is 99.3 Å². The molecule has 1 aliphatic carbocycles. The van der Waals surface area contributed by atoms with Gasteiger partial charge in [0, 0.05) is 12.2 Å². The summed E-state index contributed by atoms with van der Waals surface area (Å²) in [7, 11) is 0. The summed E-state index contributed by atoms with van der Waals surface area (Å²) in [5.74, 6) is 0.910. The Kier molecular flexibility index (Phi) is 3.22. The van der Waals surface area contributed by atoms with Gasteiger partial charge in [-0.1, -0.05) is 45.4 Å². The predicted molar refractivity (Wildman–Crippen MR) is 71.0 cm³/mol. The van der Waals surface area contributed by atoms with Crippen molar-refractivity contribution in [2.75, 3.05) is 11.9 Å². The minimum atomic E-state index is 0.225. The molecule has 0 heterocycles. The highest BCUT2D eigenvalue weighted by Crippen LogP contribution is 2.31. The highest BCUT2D eigenvalue weighted by atomic mass is 14.9. The lowest BCUT2D eigenvalue weighted by Gasteiger charge is -2.28. The van der Waals surface area contributed by atoms with E-state index >= 15 is 0 Å². The Balaban J connectivity index is 2.06. The Bertz CT molecular complexity index is 345. The Morgan fingerprint density at radius 3 is 2.44 bits per heavy atom. The topological polar surface area (TPSA) is 12.0 Å². The fourth-order valence-corrected chi connectivity index (χ4v) is 2.24. The molecule has 1 aliphatic rings. The molecule has 0 radical (unpaired) electrons. The number of rotatable bonds is 3. The third-order valence-electron chi connectivity index (χ3n) is 3.54. The second-order valence-corrected chi connectivity index (χ2v) is 5.97. The van der Waals surface area contributed by atoms with Gasteiger partial charge in [0.2, 0.25) is 0 Å². The van der Waals surface area contributed by atoms with Crippen LogP contribution in [0.4, 0.5) is 5.69 Å². The van der Waals surface area contributed by atoms with Crippen LogP contribution in [-0.4, -0.2) is 6.54 Å². The molecule has 1 aromatic rings. The maximum absolute atomic E-state index is 3.62. The second-order valence-electron chi connectivity index (χ2n) is 5.97. The van der Waals surface area contributed by atoms with E-state index in [-0.39, 0.29) is 5.41 Å². The zero-order chi connectivity index (χ0) is 11.6. The van der Waals surface area contributed by atoms with Crippen molar-refractivity contribution < 1.29 is 0 Å². The fourth-order valence-electron chi connectivity index (χ4n) is 2.24. The zero-order valence-corrected chi connectivity index (χ0v) is 10.7. The molecule has 0 saturated heterocycles. The van der Waals surface area contributed by atoms with Gasteiger partial charge in [-0.15, -0.1) is 0 Å². The maximum Gasteiger partial charge on any atom is 0.0378 e. The normalized spacial score (nSPS) is 16.9. The van der Waals surface area contributed by atoms with Crippen LogP contribution >= 0.6 is 0 Å². The highest BCUT2D eigenvalue weighted by molar-refractivity contribution is 5.54. The monoisotopic (exact) mass is 217 g/mol. The molecule has 0 aliphatic heterocycles. The summed E-state index contributed by atoms with van der Waals surface area (Å²) in [6.07, 6.45) is 4.24.